The van der Waals surface area contributed by atoms with Gasteiger partial charge in [0.2, 0.25) is 5.91 Å². The van der Waals surface area contributed by atoms with Gasteiger partial charge in [-0.3, -0.25) is 4.79 Å². The fraction of sp³-hybridized carbons (Fsp3) is 0.125. The molecule has 0 fully saturated rings. The van der Waals surface area contributed by atoms with Gasteiger partial charge < -0.3 is 21.3 Å². The molecule has 0 aliphatic carbocycles. The van der Waals surface area contributed by atoms with Gasteiger partial charge in [-0.05, 0) is 0 Å². The average Bonchev–Trinajstić information content (AvgIpc) is 1.99. The predicted octanol–water partition coefficient (Wildman–Crippen LogP) is 0.638. The Labute approximate surface area is 74.8 Å². The molecule has 5 heteroatoms. The van der Waals surface area contributed by atoms with E-state index in [-0.39, 0.29) is 28.8 Å². The van der Waals surface area contributed by atoms with E-state index in [0.29, 0.717) is 0 Å². The number of anilines is 2. The van der Waals surface area contributed by atoms with E-state index in [4.69, 9.17) is 15.9 Å². The summed E-state index contributed by atoms with van der Waals surface area (Å²) in [6.45, 7) is 1.32. The Hall–Kier alpha value is -1.91. The molecule has 0 spiro atoms. The Bertz CT molecular complexity index is 349. The molecule has 1 aromatic carbocycles. The lowest BCUT2D eigenvalue weighted by Crippen LogP contribution is -2.07. The highest BCUT2D eigenvalue weighted by molar-refractivity contribution is 5.92. The standard InChI is InChI=1S/C8H10N2O3/c1-4(11)10-6-3-8(13)7(12)2-5(6)9/h2-3,12-13H,9H2,1H3,(H,10,11). The number of nitrogen functional groups attached to an aromatic ring is 1. The third-order valence-corrected chi connectivity index (χ3v) is 1.46. The molecular formula is C8H10N2O3. The first-order chi connectivity index (χ1) is 6.00. The number of nitrogens with one attached hydrogen (secondary N) is 1. The van der Waals surface area contributed by atoms with E-state index in [0.717, 1.165) is 0 Å². The zero-order valence-electron chi connectivity index (χ0n) is 7.03. The summed E-state index contributed by atoms with van der Waals surface area (Å²) < 4.78 is 0. The van der Waals surface area contributed by atoms with Crippen molar-refractivity contribution >= 4 is 17.3 Å². The van der Waals surface area contributed by atoms with E-state index in [1.807, 2.05) is 0 Å². The maximum atomic E-state index is 10.7. The Morgan fingerprint density at radius 2 is 1.92 bits per heavy atom. The molecule has 0 heterocycles. The van der Waals surface area contributed by atoms with Gasteiger partial charge in [-0.15, -0.1) is 0 Å². The minimum Gasteiger partial charge on any atom is -0.504 e. The second-order valence-electron chi connectivity index (χ2n) is 2.61. The van der Waals surface area contributed by atoms with Crippen LogP contribution in [0.25, 0.3) is 0 Å². The maximum absolute atomic E-state index is 10.7. The molecule has 0 aliphatic rings. The van der Waals surface area contributed by atoms with Gasteiger partial charge >= 0.3 is 0 Å². The largest absolute Gasteiger partial charge is 0.504 e. The number of hydrogen-bond donors (Lipinski definition) is 4. The van der Waals surface area contributed by atoms with Crippen molar-refractivity contribution in [3.63, 3.8) is 0 Å². The van der Waals surface area contributed by atoms with Gasteiger partial charge in [0.25, 0.3) is 0 Å². The molecule has 0 unspecified atom stereocenters. The number of phenolic OH excluding ortho intramolecular Hbond substituents is 2. The minimum atomic E-state index is -0.321. The summed E-state index contributed by atoms with van der Waals surface area (Å²) in [4.78, 5) is 10.7. The lowest BCUT2D eigenvalue weighted by molar-refractivity contribution is -0.114. The summed E-state index contributed by atoms with van der Waals surface area (Å²) in [6.07, 6.45) is 0. The van der Waals surface area contributed by atoms with Crippen LogP contribution in [0.15, 0.2) is 12.1 Å². The molecule has 1 aromatic rings. The first-order valence-corrected chi connectivity index (χ1v) is 3.59. The van der Waals surface area contributed by atoms with E-state index < -0.39 is 0 Å². The zero-order valence-corrected chi connectivity index (χ0v) is 7.03. The number of hydrogen-bond acceptors (Lipinski definition) is 4. The van der Waals surface area contributed by atoms with Crippen molar-refractivity contribution in [3.8, 4) is 11.5 Å². The summed E-state index contributed by atoms with van der Waals surface area (Å²) in [5.41, 5.74) is 5.93. The second-order valence-corrected chi connectivity index (χ2v) is 2.61. The number of amides is 1. The molecule has 13 heavy (non-hydrogen) atoms. The van der Waals surface area contributed by atoms with Crippen LogP contribution in [0, 0.1) is 0 Å². The van der Waals surface area contributed by atoms with Crippen LogP contribution in [0.5, 0.6) is 11.5 Å². The number of carbonyl (C=O) groups is 1. The van der Waals surface area contributed by atoms with Gasteiger partial charge in [0.1, 0.15) is 0 Å². The van der Waals surface area contributed by atoms with Crippen LogP contribution >= 0.6 is 0 Å². The van der Waals surface area contributed by atoms with Gasteiger partial charge in [0.05, 0.1) is 11.4 Å². The van der Waals surface area contributed by atoms with Crippen LogP contribution in [-0.2, 0) is 4.79 Å². The third-order valence-electron chi connectivity index (χ3n) is 1.46. The molecule has 0 saturated heterocycles. The highest BCUT2D eigenvalue weighted by Crippen LogP contribution is 2.32. The number of rotatable bonds is 1. The van der Waals surface area contributed by atoms with Gasteiger partial charge in [-0.1, -0.05) is 0 Å². The van der Waals surface area contributed by atoms with Gasteiger partial charge in [-0.2, -0.15) is 0 Å². The van der Waals surface area contributed by atoms with Crippen LogP contribution < -0.4 is 11.1 Å². The van der Waals surface area contributed by atoms with Crippen LogP contribution in [0.4, 0.5) is 11.4 Å². The SMILES string of the molecule is CC(=O)Nc1cc(O)c(O)cc1N. The molecule has 0 bridgehead atoms. The molecule has 70 valence electrons. The van der Waals surface area contributed by atoms with E-state index in [9.17, 15) is 4.79 Å². The highest BCUT2D eigenvalue weighted by atomic mass is 16.3. The Morgan fingerprint density at radius 3 is 2.46 bits per heavy atom. The molecule has 1 rings (SSSR count). The van der Waals surface area contributed by atoms with Crippen molar-refractivity contribution in [1.29, 1.82) is 0 Å². The fourth-order valence-electron chi connectivity index (χ4n) is 0.891. The van der Waals surface area contributed by atoms with Gasteiger partial charge in [0.15, 0.2) is 11.5 Å². The monoisotopic (exact) mass is 182 g/mol. The summed E-state index contributed by atoms with van der Waals surface area (Å²) in [5.74, 6) is -0.929. The Morgan fingerprint density at radius 1 is 1.38 bits per heavy atom. The summed E-state index contributed by atoms with van der Waals surface area (Å²) in [5, 5.41) is 20.5. The number of nitrogens with two attached hydrogens (primary N) is 1. The van der Waals surface area contributed by atoms with Gasteiger partial charge in [-0.25, -0.2) is 0 Å². The number of carbonyl (C=O) groups excluding carboxylic acids is 1. The van der Waals surface area contributed by atoms with Gasteiger partial charge in [0, 0.05) is 19.1 Å². The Balaban J connectivity index is 3.08. The van der Waals surface area contributed by atoms with E-state index >= 15 is 0 Å². The summed E-state index contributed by atoms with van der Waals surface area (Å²) in [7, 11) is 0. The van der Waals surface area contributed by atoms with Crippen LogP contribution in [0.1, 0.15) is 6.92 Å². The second kappa shape index (κ2) is 3.22. The number of aromatic hydroxyl groups is 2. The van der Waals surface area contributed by atoms with Crippen molar-refractivity contribution in [3.05, 3.63) is 12.1 Å². The average molecular weight is 182 g/mol. The normalized spacial score (nSPS) is 9.62. The fourth-order valence-corrected chi connectivity index (χ4v) is 0.891. The van der Waals surface area contributed by atoms with Crippen molar-refractivity contribution in [2.75, 3.05) is 11.1 Å². The third kappa shape index (κ3) is 2.02. The first-order valence-electron chi connectivity index (χ1n) is 3.59. The van der Waals surface area contributed by atoms with Crippen LogP contribution in [0.2, 0.25) is 0 Å². The van der Waals surface area contributed by atoms with Crippen LogP contribution in [0.3, 0.4) is 0 Å². The van der Waals surface area contributed by atoms with Crippen LogP contribution in [-0.4, -0.2) is 16.1 Å². The molecule has 0 atom stereocenters. The molecule has 0 radical (unpaired) electrons. The molecule has 0 saturated carbocycles. The lowest BCUT2D eigenvalue weighted by atomic mass is 10.2. The number of benzene rings is 1. The quantitative estimate of drug-likeness (QED) is 0.291. The molecular weight excluding hydrogens is 172 g/mol. The zero-order chi connectivity index (χ0) is 10.0. The summed E-state index contributed by atoms with van der Waals surface area (Å²) >= 11 is 0. The topological polar surface area (TPSA) is 95.6 Å². The molecule has 5 nitrogen and oxygen atoms in total. The maximum Gasteiger partial charge on any atom is 0.221 e. The molecule has 5 N–H and O–H groups in total. The van der Waals surface area contributed by atoms with Crippen molar-refractivity contribution in [2.45, 2.75) is 6.92 Å². The van der Waals surface area contributed by atoms with Crippen molar-refractivity contribution in [1.82, 2.24) is 0 Å². The number of phenols is 2. The van der Waals surface area contributed by atoms with Crippen molar-refractivity contribution in [2.24, 2.45) is 0 Å². The Kier molecular flexibility index (Phi) is 2.27. The van der Waals surface area contributed by atoms with E-state index in [2.05, 4.69) is 5.32 Å². The molecule has 0 aliphatic heterocycles. The molecule has 1 amide bonds. The highest BCUT2D eigenvalue weighted by Gasteiger charge is 2.06. The predicted molar refractivity (Wildman–Crippen MR) is 48.5 cm³/mol. The van der Waals surface area contributed by atoms with E-state index in [1.54, 1.807) is 0 Å². The minimum absolute atomic E-state index is 0.200. The van der Waals surface area contributed by atoms with Crippen molar-refractivity contribution < 1.29 is 15.0 Å². The lowest BCUT2D eigenvalue weighted by Gasteiger charge is -2.07. The summed E-state index contributed by atoms with van der Waals surface area (Å²) in [6, 6.07) is 2.35. The van der Waals surface area contributed by atoms with E-state index in [1.165, 1.54) is 19.1 Å². The molecule has 0 aromatic heterocycles. The smallest absolute Gasteiger partial charge is 0.221 e. The first kappa shape index (κ1) is 9.18.